The summed E-state index contributed by atoms with van der Waals surface area (Å²) in [6, 6.07) is 13.1. The van der Waals surface area contributed by atoms with Gasteiger partial charge in [-0.1, -0.05) is 35.9 Å². The largest absolute Gasteiger partial charge is 0.416 e. The van der Waals surface area contributed by atoms with Gasteiger partial charge in [0.25, 0.3) is 0 Å². The van der Waals surface area contributed by atoms with E-state index in [0.29, 0.717) is 11.4 Å². The monoisotopic (exact) mass is 410 g/mol. The van der Waals surface area contributed by atoms with Crippen LogP contribution in [0.5, 0.6) is 0 Å². The number of hydrogen-bond donors (Lipinski definition) is 0. The number of hydrogen-bond acceptors (Lipinski definition) is 2. The molecule has 0 aliphatic carbocycles. The molecule has 27 heavy (non-hydrogen) atoms. The van der Waals surface area contributed by atoms with Gasteiger partial charge < -0.3 is 4.57 Å². The van der Waals surface area contributed by atoms with Crippen LogP contribution in [0.4, 0.5) is 13.2 Å². The third-order valence-corrected chi connectivity index (χ3v) is 5.91. The van der Waals surface area contributed by atoms with E-state index >= 15 is 0 Å². The van der Waals surface area contributed by atoms with Crippen molar-refractivity contribution >= 4 is 23.4 Å². The van der Waals surface area contributed by atoms with Crippen molar-refractivity contribution in [3.63, 3.8) is 0 Å². The molecule has 2 nitrogen and oxygen atoms in total. The van der Waals surface area contributed by atoms with Gasteiger partial charge in [-0.2, -0.15) is 13.2 Å². The molecule has 0 saturated carbocycles. The highest BCUT2D eigenvalue weighted by atomic mass is 35.5. The lowest BCUT2D eigenvalue weighted by Gasteiger charge is -2.18. The summed E-state index contributed by atoms with van der Waals surface area (Å²) in [5, 5.41) is 0.911. The van der Waals surface area contributed by atoms with E-state index in [0.717, 1.165) is 35.6 Å². The maximum absolute atomic E-state index is 12.7. The van der Waals surface area contributed by atoms with Gasteiger partial charge in [-0.05, 0) is 42.7 Å². The molecule has 0 amide bonds. The highest BCUT2D eigenvalue weighted by molar-refractivity contribution is 8.00. The minimum absolute atomic E-state index is 0.210. The molecule has 0 radical (unpaired) electrons. The van der Waals surface area contributed by atoms with Gasteiger partial charge in [0.2, 0.25) is 0 Å². The minimum atomic E-state index is -4.30. The highest BCUT2D eigenvalue weighted by Crippen LogP contribution is 2.33. The molecule has 7 heteroatoms. The standard InChI is InChI=1S/C20H18ClF3N2S/c21-18-3-1-2-4-19(18)27-17(13-26-12-11-25-14-26)10-7-15-5-8-16(9-6-15)20(22,23)24/h1-6,8-9,11-12,14,17H,7,10,13H2. The molecule has 0 fully saturated rings. The Morgan fingerprint density at radius 3 is 2.44 bits per heavy atom. The van der Waals surface area contributed by atoms with E-state index in [9.17, 15) is 13.2 Å². The Balaban J connectivity index is 1.68. The summed E-state index contributed by atoms with van der Waals surface area (Å²) in [5.41, 5.74) is 0.269. The third kappa shape index (κ3) is 5.78. The van der Waals surface area contributed by atoms with E-state index in [4.69, 9.17) is 11.6 Å². The topological polar surface area (TPSA) is 17.8 Å². The van der Waals surface area contributed by atoms with Gasteiger partial charge in [-0.15, -0.1) is 11.8 Å². The second-order valence-electron chi connectivity index (χ2n) is 6.16. The van der Waals surface area contributed by atoms with Gasteiger partial charge >= 0.3 is 6.18 Å². The van der Waals surface area contributed by atoms with Crippen molar-refractivity contribution in [1.82, 2.24) is 9.55 Å². The summed E-state index contributed by atoms with van der Waals surface area (Å²) in [6.07, 6.45) is 2.58. The smallest absolute Gasteiger partial charge is 0.336 e. The van der Waals surface area contributed by atoms with E-state index in [-0.39, 0.29) is 5.25 Å². The van der Waals surface area contributed by atoms with Crippen LogP contribution in [0.1, 0.15) is 17.5 Å². The van der Waals surface area contributed by atoms with Crippen LogP contribution in [0.25, 0.3) is 0 Å². The lowest BCUT2D eigenvalue weighted by molar-refractivity contribution is -0.137. The SMILES string of the molecule is FC(F)(F)c1ccc(CCC(Cn2ccnc2)Sc2ccccc2Cl)cc1. The molecule has 1 atom stereocenters. The number of benzene rings is 2. The van der Waals surface area contributed by atoms with Gasteiger partial charge in [-0.25, -0.2) is 4.98 Å². The Kier molecular flexibility index (Phi) is 6.50. The van der Waals surface area contributed by atoms with Gasteiger partial charge in [0, 0.05) is 29.1 Å². The number of nitrogens with zero attached hydrogens (tertiary/aromatic N) is 2. The summed E-state index contributed by atoms with van der Waals surface area (Å²) in [4.78, 5) is 5.07. The van der Waals surface area contributed by atoms with Crippen LogP contribution in [-0.4, -0.2) is 14.8 Å². The molecule has 0 spiro atoms. The zero-order valence-electron chi connectivity index (χ0n) is 14.4. The summed E-state index contributed by atoms with van der Waals surface area (Å²) in [5.74, 6) is 0. The minimum Gasteiger partial charge on any atom is -0.336 e. The van der Waals surface area contributed by atoms with E-state index in [1.807, 2.05) is 35.0 Å². The predicted molar refractivity (Wildman–Crippen MR) is 103 cm³/mol. The number of thioether (sulfide) groups is 1. The quantitative estimate of drug-likeness (QED) is 0.422. The zero-order chi connectivity index (χ0) is 19.3. The van der Waals surface area contributed by atoms with Crippen molar-refractivity contribution in [2.45, 2.75) is 35.7 Å². The first-order chi connectivity index (χ1) is 12.9. The van der Waals surface area contributed by atoms with Gasteiger partial charge in [0.1, 0.15) is 0 Å². The Labute approximate surface area is 165 Å². The van der Waals surface area contributed by atoms with Crippen LogP contribution in [0.2, 0.25) is 5.02 Å². The van der Waals surface area contributed by atoms with Gasteiger partial charge in [0.05, 0.1) is 16.9 Å². The van der Waals surface area contributed by atoms with E-state index in [1.54, 1.807) is 36.4 Å². The van der Waals surface area contributed by atoms with Crippen LogP contribution < -0.4 is 0 Å². The third-order valence-electron chi connectivity index (χ3n) is 4.14. The van der Waals surface area contributed by atoms with Crippen LogP contribution in [0.3, 0.4) is 0 Å². The van der Waals surface area contributed by atoms with Crippen LogP contribution in [-0.2, 0) is 19.1 Å². The van der Waals surface area contributed by atoms with Crippen molar-refractivity contribution in [1.29, 1.82) is 0 Å². The maximum atomic E-state index is 12.7. The van der Waals surface area contributed by atoms with Gasteiger partial charge in [0.15, 0.2) is 0 Å². The molecule has 0 saturated heterocycles. The molecule has 142 valence electrons. The number of rotatable bonds is 7. The molecule has 0 aliphatic rings. The fourth-order valence-corrected chi connectivity index (χ4v) is 4.17. The van der Waals surface area contributed by atoms with Gasteiger partial charge in [-0.3, -0.25) is 0 Å². The molecule has 0 bridgehead atoms. The van der Waals surface area contributed by atoms with Crippen molar-refractivity contribution in [2.24, 2.45) is 0 Å². The Morgan fingerprint density at radius 2 is 1.81 bits per heavy atom. The fraction of sp³-hybridized carbons (Fsp3) is 0.250. The van der Waals surface area contributed by atoms with Crippen molar-refractivity contribution in [3.05, 3.63) is 83.4 Å². The number of aryl methyl sites for hydroxylation is 1. The molecule has 2 aromatic carbocycles. The summed E-state index contributed by atoms with van der Waals surface area (Å²) < 4.78 is 40.1. The lowest BCUT2D eigenvalue weighted by Crippen LogP contribution is -2.13. The van der Waals surface area contributed by atoms with Crippen LogP contribution in [0, 0.1) is 0 Å². The Hall–Kier alpha value is -1.92. The molecule has 1 aromatic heterocycles. The second-order valence-corrected chi connectivity index (χ2v) is 7.91. The van der Waals surface area contributed by atoms with E-state index in [1.165, 1.54) is 0 Å². The predicted octanol–water partition coefficient (Wildman–Crippen LogP) is 6.35. The molecule has 1 heterocycles. The second kappa shape index (κ2) is 8.85. The summed E-state index contributed by atoms with van der Waals surface area (Å²) in [7, 11) is 0. The number of halogens is 4. The Bertz CT molecular complexity index is 848. The summed E-state index contributed by atoms with van der Waals surface area (Å²) >= 11 is 7.96. The van der Waals surface area contributed by atoms with E-state index < -0.39 is 11.7 Å². The molecular weight excluding hydrogens is 393 g/mol. The van der Waals surface area contributed by atoms with Crippen LogP contribution >= 0.6 is 23.4 Å². The summed E-state index contributed by atoms with van der Waals surface area (Å²) in [6.45, 7) is 0.747. The fourth-order valence-electron chi connectivity index (χ4n) is 2.73. The highest BCUT2D eigenvalue weighted by Gasteiger charge is 2.29. The van der Waals surface area contributed by atoms with Crippen LogP contribution in [0.15, 0.2) is 72.1 Å². The number of imidazole rings is 1. The molecule has 0 N–H and O–H groups in total. The van der Waals surface area contributed by atoms with Crippen molar-refractivity contribution < 1.29 is 13.2 Å². The average molecular weight is 411 g/mol. The Morgan fingerprint density at radius 1 is 1.07 bits per heavy atom. The average Bonchev–Trinajstić information content (AvgIpc) is 3.14. The number of alkyl halides is 3. The molecule has 3 aromatic rings. The van der Waals surface area contributed by atoms with E-state index in [2.05, 4.69) is 4.98 Å². The first kappa shape index (κ1) is 19.8. The normalized spacial score (nSPS) is 12.9. The van der Waals surface area contributed by atoms with Crippen molar-refractivity contribution in [2.75, 3.05) is 0 Å². The molecule has 3 rings (SSSR count). The molecule has 1 unspecified atom stereocenters. The molecular formula is C20H18ClF3N2S. The lowest BCUT2D eigenvalue weighted by atomic mass is 10.1. The van der Waals surface area contributed by atoms with Crippen molar-refractivity contribution in [3.8, 4) is 0 Å². The zero-order valence-corrected chi connectivity index (χ0v) is 15.9. The molecule has 0 aliphatic heterocycles. The first-order valence-electron chi connectivity index (χ1n) is 8.45. The maximum Gasteiger partial charge on any atom is 0.416 e. The first-order valence-corrected chi connectivity index (χ1v) is 9.70. The number of aromatic nitrogens is 2.